The van der Waals surface area contributed by atoms with Crippen LogP contribution in [0.4, 0.5) is 24.5 Å². The lowest BCUT2D eigenvalue weighted by molar-refractivity contribution is -0.137. The molecular formula is C27H23F3N4O6S2. The zero-order valence-electron chi connectivity index (χ0n) is 21.8. The van der Waals surface area contributed by atoms with Crippen LogP contribution in [0.25, 0.3) is 6.08 Å². The van der Waals surface area contributed by atoms with Gasteiger partial charge < -0.3 is 20.1 Å². The molecule has 3 aromatic carbocycles. The molecule has 4 rings (SSSR count). The fourth-order valence-electron chi connectivity index (χ4n) is 3.58. The zero-order chi connectivity index (χ0) is 30.5. The maximum Gasteiger partial charge on any atom is 0.416 e. The molecule has 0 radical (unpaired) electrons. The molecule has 1 heterocycles. The molecule has 2 amide bonds. The molecule has 0 unspecified atom stereocenters. The van der Waals surface area contributed by atoms with Crippen LogP contribution in [0, 0.1) is 0 Å². The number of rotatable bonds is 9. The second kappa shape index (κ2) is 12.7. The lowest BCUT2D eigenvalue weighted by atomic mass is 10.2. The molecule has 4 N–H and O–H groups in total. The van der Waals surface area contributed by atoms with Crippen LogP contribution in [-0.2, 0) is 25.8 Å². The lowest BCUT2D eigenvalue weighted by Gasteiger charge is -2.13. The lowest BCUT2D eigenvalue weighted by Crippen LogP contribution is -2.20. The fourth-order valence-corrected chi connectivity index (χ4v) is 4.93. The number of anilines is 1. The van der Waals surface area contributed by atoms with Gasteiger partial charge in [-0.25, -0.2) is 18.5 Å². The van der Waals surface area contributed by atoms with Crippen LogP contribution in [0.1, 0.15) is 18.1 Å². The van der Waals surface area contributed by atoms with Gasteiger partial charge >= 0.3 is 6.18 Å². The number of amidine groups is 1. The number of nitrogens with zero attached hydrogens (tertiary/aromatic N) is 1. The van der Waals surface area contributed by atoms with E-state index in [1.165, 1.54) is 42.5 Å². The smallest absolute Gasteiger partial charge is 0.416 e. The number of nitrogens with one attached hydrogen (secondary N) is 2. The van der Waals surface area contributed by atoms with Crippen molar-refractivity contribution in [3.05, 3.63) is 82.8 Å². The molecule has 0 aromatic heterocycles. The first kappa shape index (κ1) is 30.6. The number of alkyl halides is 3. The van der Waals surface area contributed by atoms with Crippen molar-refractivity contribution in [1.29, 1.82) is 0 Å². The number of primary sulfonamides is 1. The SMILES string of the molecule is CCOc1cc(C=C2SC(=Nc3ccc(S(N)(=O)=O)cc3)NC2=O)ccc1OCC(=O)Nc1cccc(C(F)(F)F)c1. The average molecular weight is 621 g/mol. The number of carbonyl (C=O) groups is 2. The van der Waals surface area contributed by atoms with Gasteiger partial charge in [-0.15, -0.1) is 0 Å². The summed E-state index contributed by atoms with van der Waals surface area (Å²) in [7, 11) is -3.84. The normalized spacial score (nSPS) is 15.5. The zero-order valence-corrected chi connectivity index (χ0v) is 23.4. The van der Waals surface area contributed by atoms with E-state index in [9.17, 15) is 31.2 Å². The molecule has 10 nitrogen and oxygen atoms in total. The number of ether oxygens (including phenoxy) is 2. The van der Waals surface area contributed by atoms with Crippen LogP contribution in [0.5, 0.6) is 11.5 Å². The Balaban J connectivity index is 1.43. The molecule has 42 heavy (non-hydrogen) atoms. The number of thioether (sulfide) groups is 1. The van der Waals surface area contributed by atoms with Crippen LogP contribution in [-0.4, -0.2) is 38.6 Å². The highest BCUT2D eigenvalue weighted by molar-refractivity contribution is 8.18. The number of benzene rings is 3. The summed E-state index contributed by atoms with van der Waals surface area (Å²) < 4.78 is 72.8. The number of hydrogen-bond acceptors (Lipinski definition) is 8. The molecule has 0 atom stereocenters. The Labute approximate surface area is 242 Å². The van der Waals surface area contributed by atoms with Crippen molar-refractivity contribution in [1.82, 2.24) is 5.32 Å². The summed E-state index contributed by atoms with van der Waals surface area (Å²) in [6.45, 7) is 1.52. The molecule has 3 aromatic rings. The van der Waals surface area contributed by atoms with E-state index in [-0.39, 0.29) is 33.9 Å². The molecule has 15 heteroatoms. The van der Waals surface area contributed by atoms with Crippen LogP contribution in [0.2, 0.25) is 0 Å². The van der Waals surface area contributed by atoms with Gasteiger partial charge in [-0.1, -0.05) is 12.1 Å². The van der Waals surface area contributed by atoms with Crippen molar-refractivity contribution in [3.63, 3.8) is 0 Å². The van der Waals surface area contributed by atoms with Crippen molar-refractivity contribution in [3.8, 4) is 11.5 Å². The van der Waals surface area contributed by atoms with Crippen LogP contribution < -0.4 is 25.2 Å². The fraction of sp³-hybridized carbons (Fsp3) is 0.148. The average Bonchev–Trinajstić information content (AvgIpc) is 3.25. The molecule has 0 aliphatic carbocycles. The molecule has 1 aliphatic heterocycles. The predicted octanol–water partition coefficient (Wildman–Crippen LogP) is 4.66. The van der Waals surface area contributed by atoms with E-state index in [1.54, 1.807) is 25.1 Å². The van der Waals surface area contributed by atoms with Gasteiger partial charge in [0, 0.05) is 5.69 Å². The van der Waals surface area contributed by atoms with Crippen molar-refractivity contribution in [2.45, 2.75) is 18.0 Å². The summed E-state index contributed by atoms with van der Waals surface area (Å²) in [6.07, 6.45) is -2.95. The third-order valence-corrected chi connectivity index (χ3v) is 7.28. The molecular weight excluding hydrogens is 597 g/mol. The largest absolute Gasteiger partial charge is 0.490 e. The van der Waals surface area contributed by atoms with Crippen LogP contribution in [0.3, 0.4) is 0 Å². The summed E-state index contributed by atoms with van der Waals surface area (Å²) in [5.74, 6) is -0.574. The second-order valence-corrected chi connectivity index (χ2v) is 11.2. The Morgan fingerprint density at radius 2 is 1.81 bits per heavy atom. The van der Waals surface area contributed by atoms with E-state index in [0.29, 0.717) is 16.2 Å². The Kier molecular flexibility index (Phi) is 9.23. The minimum atomic E-state index is -4.54. The van der Waals surface area contributed by atoms with Crippen molar-refractivity contribution >= 4 is 56.2 Å². The van der Waals surface area contributed by atoms with Crippen molar-refractivity contribution in [2.75, 3.05) is 18.5 Å². The molecule has 0 saturated carbocycles. The summed E-state index contributed by atoms with van der Waals surface area (Å²) in [5, 5.41) is 10.4. The summed E-state index contributed by atoms with van der Waals surface area (Å²) >= 11 is 1.07. The Morgan fingerprint density at radius 1 is 1.07 bits per heavy atom. The minimum Gasteiger partial charge on any atom is -0.490 e. The van der Waals surface area contributed by atoms with E-state index >= 15 is 0 Å². The van der Waals surface area contributed by atoms with Gasteiger partial charge in [0.15, 0.2) is 23.3 Å². The number of carbonyl (C=O) groups excluding carboxylic acids is 2. The second-order valence-electron chi connectivity index (χ2n) is 8.58. The first-order chi connectivity index (χ1) is 19.8. The monoisotopic (exact) mass is 620 g/mol. The molecule has 1 saturated heterocycles. The summed E-state index contributed by atoms with van der Waals surface area (Å²) in [4.78, 5) is 29.4. The van der Waals surface area contributed by atoms with Gasteiger partial charge in [0.2, 0.25) is 10.0 Å². The summed E-state index contributed by atoms with van der Waals surface area (Å²) in [6, 6.07) is 14.5. The van der Waals surface area contributed by atoms with Gasteiger partial charge in [-0.05, 0) is 84.9 Å². The van der Waals surface area contributed by atoms with Crippen molar-refractivity contribution < 1.29 is 40.7 Å². The third kappa shape index (κ3) is 8.11. The molecule has 0 spiro atoms. The number of hydrogen-bond donors (Lipinski definition) is 3. The van der Waals surface area contributed by atoms with E-state index < -0.39 is 40.2 Å². The van der Waals surface area contributed by atoms with Crippen LogP contribution in [0.15, 0.2) is 81.5 Å². The highest BCUT2D eigenvalue weighted by Crippen LogP contribution is 2.33. The van der Waals surface area contributed by atoms with Gasteiger partial charge in [0.1, 0.15) is 0 Å². The highest BCUT2D eigenvalue weighted by atomic mass is 32.2. The Bertz CT molecular complexity index is 1670. The van der Waals surface area contributed by atoms with E-state index in [4.69, 9.17) is 14.6 Å². The number of amides is 2. The molecule has 220 valence electrons. The van der Waals surface area contributed by atoms with E-state index in [2.05, 4.69) is 15.6 Å². The number of aliphatic imine (C=N–C) groups is 1. The summed E-state index contributed by atoms with van der Waals surface area (Å²) in [5.41, 5.74) is 0.0661. The Hall–Kier alpha value is -4.34. The first-order valence-electron chi connectivity index (χ1n) is 12.1. The maximum absolute atomic E-state index is 12.9. The maximum atomic E-state index is 12.9. The van der Waals surface area contributed by atoms with E-state index in [0.717, 1.165) is 23.9 Å². The van der Waals surface area contributed by atoms with Crippen molar-refractivity contribution in [2.24, 2.45) is 10.1 Å². The molecule has 1 fully saturated rings. The minimum absolute atomic E-state index is 0.0267. The standard InChI is InChI=1S/C27H23F3N4O6S2/c1-2-39-22-12-16(6-11-21(22)40-15-24(35)32-19-5-3-4-17(14-19)27(28,29)30)13-23-25(36)34-26(41-23)33-18-7-9-20(10-8-18)42(31,37)38/h3-14H,2,15H2,1H3,(H,32,35)(H2,31,37,38)(H,33,34,36). The number of nitrogens with two attached hydrogens (primary N) is 1. The predicted molar refractivity (Wildman–Crippen MR) is 152 cm³/mol. The number of sulfonamides is 1. The first-order valence-corrected chi connectivity index (χ1v) is 14.5. The molecule has 0 bridgehead atoms. The molecule has 1 aliphatic rings. The topological polar surface area (TPSA) is 149 Å². The number of halogens is 3. The highest BCUT2D eigenvalue weighted by Gasteiger charge is 2.30. The van der Waals surface area contributed by atoms with Gasteiger partial charge in [-0.2, -0.15) is 13.2 Å². The third-order valence-electron chi connectivity index (χ3n) is 5.44. The quantitative estimate of drug-likeness (QED) is 0.295. The van der Waals surface area contributed by atoms with E-state index in [1.807, 2.05) is 0 Å². The van der Waals surface area contributed by atoms with Gasteiger partial charge in [-0.3, -0.25) is 9.59 Å². The van der Waals surface area contributed by atoms with Gasteiger partial charge in [0.05, 0.1) is 27.7 Å². The van der Waals surface area contributed by atoms with Gasteiger partial charge in [0.25, 0.3) is 11.8 Å². The Morgan fingerprint density at radius 3 is 2.48 bits per heavy atom. The van der Waals surface area contributed by atoms with Crippen LogP contribution >= 0.6 is 11.8 Å².